The summed E-state index contributed by atoms with van der Waals surface area (Å²) in [5.74, 6) is 1.65. The molecule has 4 nitrogen and oxygen atoms in total. The smallest absolute Gasteiger partial charge is 0.129 e. The molecule has 1 heterocycles. The molecule has 0 fully saturated rings. The molecule has 3 N–H and O–H groups in total. The van der Waals surface area contributed by atoms with Crippen LogP contribution in [0, 0.1) is 6.92 Å². The second-order valence-corrected chi connectivity index (χ2v) is 3.91. The number of benzene rings is 1. The van der Waals surface area contributed by atoms with E-state index in [-0.39, 0.29) is 0 Å². The Labute approximate surface area is 101 Å². The molecule has 0 radical (unpaired) electrons. The number of nitrogens with zero attached hydrogens (tertiary/aromatic N) is 2. The third-order valence-corrected chi connectivity index (χ3v) is 2.48. The molecule has 0 amide bonds. The van der Waals surface area contributed by atoms with Gasteiger partial charge in [0.05, 0.1) is 0 Å². The van der Waals surface area contributed by atoms with Gasteiger partial charge in [0.2, 0.25) is 0 Å². The highest BCUT2D eigenvalue weighted by atomic mass is 15.0. The van der Waals surface area contributed by atoms with Crippen molar-refractivity contribution in [1.29, 1.82) is 0 Å². The van der Waals surface area contributed by atoms with Gasteiger partial charge in [-0.05, 0) is 37.1 Å². The minimum absolute atomic E-state index is 0.780. The summed E-state index contributed by atoms with van der Waals surface area (Å²) in [6.07, 6.45) is 2.71. The first-order valence-corrected chi connectivity index (χ1v) is 5.62. The zero-order valence-electron chi connectivity index (χ0n) is 9.85. The Hall–Kier alpha value is -2.10. The van der Waals surface area contributed by atoms with Crippen molar-refractivity contribution in [3.63, 3.8) is 0 Å². The molecule has 0 saturated heterocycles. The summed E-state index contributed by atoms with van der Waals surface area (Å²) in [6.45, 7) is 2.73. The largest absolute Gasteiger partial charge is 0.399 e. The van der Waals surface area contributed by atoms with Crippen LogP contribution in [0.25, 0.3) is 0 Å². The monoisotopic (exact) mass is 228 g/mol. The number of nitrogens with two attached hydrogens (primary N) is 1. The van der Waals surface area contributed by atoms with Crippen LogP contribution in [-0.4, -0.2) is 16.5 Å². The van der Waals surface area contributed by atoms with Crippen LogP contribution in [-0.2, 0) is 6.42 Å². The maximum absolute atomic E-state index is 5.63. The molecule has 88 valence electrons. The van der Waals surface area contributed by atoms with E-state index in [9.17, 15) is 0 Å². The number of hydrogen-bond acceptors (Lipinski definition) is 4. The third kappa shape index (κ3) is 3.45. The molecule has 0 aliphatic rings. The first kappa shape index (κ1) is 11.4. The fourth-order valence-corrected chi connectivity index (χ4v) is 1.57. The molecule has 0 atom stereocenters. The molecule has 0 aliphatic carbocycles. The lowest BCUT2D eigenvalue weighted by molar-refractivity contribution is 0.981. The van der Waals surface area contributed by atoms with E-state index in [1.807, 2.05) is 37.3 Å². The number of rotatable bonds is 4. The summed E-state index contributed by atoms with van der Waals surface area (Å²) in [4.78, 5) is 8.33. The molecule has 1 aromatic carbocycles. The summed E-state index contributed by atoms with van der Waals surface area (Å²) in [7, 11) is 0. The summed E-state index contributed by atoms with van der Waals surface area (Å²) < 4.78 is 0. The van der Waals surface area contributed by atoms with Crippen molar-refractivity contribution >= 4 is 11.5 Å². The molecule has 0 spiro atoms. The second kappa shape index (κ2) is 5.30. The lowest BCUT2D eigenvalue weighted by Crippen LogP contribution is -2.07. The number of anilines is 2. The van der Waals surface area contributed by atoms with Crippen LogP contribution in [0.4, 0.5) is 11.5 Å². The molecule has 1 aromatic heterocycles. The molecule has 0 saturated carbocycles. The van der Waals surface area contributed by atoms with E-state index in [0.29, 0.717) is 0 Å². The van der Waals surface area contributed by atoms with Crippen LogP contribution in [0.15, 0.2) is 36.5 Å². The summed E-state index contributed by atoms with van der Waals surface area (Å²) in [6, 6.07) is 9.80. The van der Waals surface area contributed by atoms with E-state index in [1.165, 1.54) is 5.56 Å². The molecular formula is C13H16N4. The van der Waals surface area contributed by atoms with Crippen molar-refractivity contribution in [1.82, 2.24) is 9.97 Å². The quantitative estimate of drug-likeness (QED) is 0.786. The van der Waals surface area contributed by atoms with Crippen molar-refractivity contribution in [2.45, 2.75) is 13.3 Å². The zero-order valence-corrected chi connectivity index (χ0v) is 9.85. The lowest BCUT2D eigenvalue weighted by Gasteiger charge is -2.06. The Bertz CT molecular complexity index is 479. The van der Waals surface area contributed by atoms with Gasteiger partial charge in [0, 0.05) is 18.4 Å². The van der Waals surface area contributed by atoms with Crippen molar-refractivity contribution in [2.24, 2.45) is 0 Å². The van der Waals surface area contributed by atoms with Gasteiger partial charge in [-0.25, -0.2) is 9.97 Å². The van der Waals surface area contributed by atoms with Gasteiger partial charge in [-0.2, -0.15) is 0 Å². The average molecular weight is 228 g/mol. The van der Waals surface area contributed by atoms with Gasteiger partial charge in [-0.1, -0.05) is 12.1 Å². The van der Waals surface area contributed by atoms with Crippen molar-refractivity contribution in [2.75, 3.05) is 17.6 Å². The predicted octanol–water partition coefficient (Wildman–Crippen LogP) is 2.02. The van der Waals surface area contributed by atoms with Gasteiger partial charge >= 0.3 is 0 Å². The highest BCUT2D eigenvalue weighted by molar-refractivity contribution is 5.39. The topological polar surface area (TPSA) is 63.8 Å². The van der Waals surface area contributed by atoms with E-state index in [1.54, 1.807) is 6.20 Å². The van der Waals surface area contributed by atoms with Crippen LogP contribution in [0.1, 0.15) is 11.4 Å². The highest BCUT2D eigenvalue weighted by Crippen LogP contribution is 2.07. The predicted molar refractivity (Wildman–Crippen MR) is 69.8 cm³/mol. The molecule has 0 bridgehead atoms. The second-order valence-electron chi connectivity index (χ2n) is 3.91. The number of nitrogens with one attached hydrogen (secondary N) is 1. The van der Waals surface area contributed by atoms with E-state index < -0.39 is 0 Å². The maximum Gasteiger partial charge on any atom is 0.129 e. The number of nitrogen functional groups attached to an aromatic ring is 1. The average Bonchev–Trinajstić information content (AvgIpc) is 2.32. The zero-order chi connectivity index (χ0) is 12.1. The van der Waals surface area contributed by atoms with Crippen LogP contribution >= 0.6 is 0 Å². The Morgan fingerprint density at radius 3 is 2.65 bits per heavy atom. The molecule has 0 aliphatic heterocycles. The SMILES string of the molecule is Cc1nccc(NCCc2ccc(N)cc2)n1. The van der Waals surface area contributed by atoms with Gasteiger partial charge in [-0.3, -0.25) is 0 Å². The normalized spacial score (nSPS) is 10.2. The molecule has 0 unspecified atom stereocenters. The Morgan fingerprint density at radius 1 is 1.18 bits per heavy atom. The molecular weight excluding hydrogens is 212 g/mol. The number of aryl methyl sites for hydroxylation is 1. The van der Waals surface area contributed by atoms with Crippen LogP contribution in [0.2, 0.25) is 0 Å². The highest BCUT2D eigenvalue weighted by Gasteiger charge is 1.96. The van der Waals surface area contributed by atoms with E-state index in [2.05, 4.69) is 15.3 Å². The summed E-state index contributed by atoms with van der Waals surface area (Å²) in [5.41, 5.74) is 7.69. The summed E-state index contributed by atoms with van der Waals surface area (Å²) in [5, 5.41) is 3.27. The molecule has 2 rings (SSSR count). The van der Waals surface area contributed by atoms with Gasteiger partial charge in [-0.15, -0.1) is 0 Å². The van der Waals surface area contributed by atoms with Gasteiger partial charge in [0.15, 0.2) is 0 Å². The maximum atomic E-state index is 5.63. The number of aromatic nitrogens is 2. The van der Waals surface area contributed by atoms with Crippen molar-refractivity contribution in [3.05, 3.63) is 47.9 Å². The molecule has 4 heteroatoms. The lowest BCUT2D eigenvalue weighted by atomic mass is 10.1. The first-order valence-electron chi connectivity index (χ1n) is 5.62. The van der Waals surface area contributed by atoms with Crippen LogP contribution in [0.3, 0.4) is 0 Å². The van der Waals surface area contributed by atoms with Gasteiger partial charge < -0.3 is 11.1 Å². The fraction of sp³-hybridized carbons (Fsp3) is 0.231. The van der Waals surface area contributed by atoms with Crippen LogP contribution in [0.5, 0.6) is 0 Å². The van der Waals surface area contributed by atoms with E-state index in [4.69, 9.17) is 5.73 Å². The third-order valence-electron chi connectivity index (χ3n) is 2.48. The number of hydrogen-bond donors (Lipinski definition) is 2. The minimum Gasteiger partial charge on any atom is -0.399 e. The van der Waals surface area contributed by atoms with Crippen molar-refractivity contribution < 1.29 is 0 Å². The van der Waals surface area contributed by atoms with E-state index >= 15 is 0 Å². The standard InChI is InChI=1S/C13H16N4/c1-10-15-9-7-13(17-10)16-8-6-11-2-4-12(14)5-3-11/h2-5,7,9H,6,8,14H2,1H3,(H,15,16,17). The first-order chi connectivity index (χ1) is 8.24. The molecule has 17 heavy (non-hydrogen) atoms. The van der Waals surface area contributed by atoms with Crippen molar-refractivity contribution in [3.8, 4) is 0 Å². The Balaban J connectivity index is 1.85. The summed E-state index contributed by atoms with van der Waals surface area (Å²) >= 11 is 0. The Morgan fingerprint density at radius 2 is 1.94 bits per heavy atom. The van der Waals surface area contributed by atoms with Gasteiger partial charge in [0.1, 0.15) is 11.6 Å². The van der Waals surface area contributed by atoms with Crippen LogP contribution < -0.4 is 11.1 Å². The fourth-order valence-electron chi connectivity index (χ4n) is 1.57. The minimum atomic E-state index is 0.780. The Kier molecular flexibility index (Phi) is 3.55. The van der Waals surface area contributed by atoms with Gasteiger partial charge in [0.25, 0.3) is 0 Å². The van der Waals surface area contributed by atoms with E-state index in [0.717, 1.165) is 30.3 Å². The molecule has 2 aromatic rings.